The van der Waals surface area contributed by atoms with Gasteiger partial charge in [0, 0.05) is 18.7 Å². The van der Waals surface area contributed by atoms with E-state index < -0.39 is 41.2 Å². The van der Waals surface area contributed by atoms with Crippen molar-refractivity contribution in [3.05, 3.63) is 64.7 Å². The van der Waals surface area contributed by atoms with Gasteiger partial charge >= 0.3 is 12.3 Å². The molecule has 2 aliphatic carbocycles. The first-order valence-electron chi connectivity index (χ1n) is 13.3. The van der Waals surface area contributed by atoms with Gasteiger partial charge in [0.05, 0.1) is 12.5 Å². The van der Waals surface area contributed by atoms with Gasteiger partial charge in [0.2, 0.25) is 0 Å². The summed E-state index contributed by atoms with van der Waals surface area (Å²) in [7, 11) is 0. The van der Waals surface area contributed by atoms with Crippen LogP contribution in [-0.4, -0.2) is 12.7 Å². The Bertz CT molecular complexity index is 1030. The van der Waals surface area contributed by atoms with Gasteiger partial charge in [-0.25, -0.2) is 8.78 Å². The SMILES string of the molecule is CCOCc1ccc(C2CCC(C3CCC(C(F)(F)Oc4cc(F)c(C(F)(F)F)c(F)c4)CC3)CC2)cc1. The van der Waals surface area contributed by atoms with E-state index in [1.165, 1.54) is 5.56 Å². The molecule has 9 heteroatoms. The molecule has 0 unspecified atom stereocenters. The molecule has 2 aromatic rings. The molecule has 0 amide bonds. The summed E-state index contributed by atoms with van der Waals surface area (Å²) in [6, 6.07) is 8.87. The first-order valence-corrected chi connectivity index (χ1v) is 13.3. The molecule has 210 valence electrons. The number of benzene rings is 2. The zero-order valence-corrected chi connectivity index (χ0v) is 21.3. The van der Waals surface area contributed by atoms with Crippen molar-refractivity contribution in [3.8, 4) is 5.75 Å². The van der Waals surface area contributed by atoms with Crippen LogP contribution in [0.25, 0.3) is 0 Å². The Morgan fingerprint density at radius 3 is 1.79 bits per heavy atom. The topological polar surface area (TPSA) is 18.5 Å². The smallest absolute Gasteiger partial charge is 0.422 e. The third-order valence-electron chi connectivity index (χ3n) is 8.16. The van der Waals surface area contributed by atoms with Gasteiger partial charge in [-0.15, -0.1) is 0 Å². The third-order valence-corrected chi connectivity index (χ3v) is 8.16. The lowest BCUT2D eigenvalue weighted by Crippen LogP contribution is -2.38. The van der Waals surface area contributed by atoms with Crippen molar-refractivity contribution in [1.29, 1.82) is 0 Å². The highest BCUT2D eigenvalue weighted by molar-refractivity contribution is 5.32. The van der Waals surface area contributed by atoms with E-state index in [0.717, 1.165) is 31.2 Å². The summed E-state index contributed by atoms with van der Waals surface area (Å²) in [5.41, 5.74) is 0.345. The largest absolute Gasteiger partial charge is 0.432 e. The summed E-state index contributed by atoms with van der Waals surface area (Å²) in [5, 5.41) is 0. The lowest BCUT2D eigenvalue weighted by atomic mass is 9.68. The summed E-state index contributed by atoms with van der Waals surface area (Å²) in [6.07, 6.45) is -3.26. The highest BCUT2D eigenvalue weighted by Crippen LogP contribution is 2.47. The molecule has 0 spiro atoms. The van der Waals surface area contributed by atoms with Gasteiger partial charge in [-0.05, 0) is 87.2 Å². The second-order valence-corrected chi connectivity index (χ2v) is 10.5. The molecule has 0 atom stereocenters. The van der Waals surface area contributed by atoms with Crippen molar-refractivity contribution < 1.29 is 40.2 Å². The number of alkyl halides is 5. The molecule has 2 aromatic carbocycles. The molecule has 2 aliphatic rings. The predicted molar refractivity (Wildman–Crippen MR) is 129 cm³/mol. The van der Waals surface area contributed by atoms with Crippen molar-refractivity contribution in [3.63, 3.8) is 0 Å². The van der Waals surface area contributed by atoms with E-state index in [-0.39, 0.29) is 25.0 Å². The summed E-state index contributed by atoms with van der Waals surface area (Å²) in [6.45, 7) is 3.25. The van der Waals surface area contributed by atoms with E-state index in [2.05, 4.69) is 29.0 Å². The lowest BCUT2D eigenvalue weighted by Gasteiger charge is -2.39. The molecule has 0 bridgehead atoms. The quantitative estimate of drug-likeness (QED) is 0.307. The number of ether oxygens (including phenoxy) is 2. The van der Waals surface area contributed by atoms with Crippen LogP contribution in [0.1, 0.15) is 80.9 Å². The van der Waals surface area contributed by atoms with Gasteiger partial charge in [0.25, 0.3) is 0 Å². The van der Waals surface area contributed by atoms with Crippen LogP contribution in [0.15, 0.2) is 36.4 Å². The molecule has 0 aliphatic heterocycles. The van der Waals surface area contributed by atoms with Crippen molar-refractivity contribution >= 4 is 0 Å². The van der Waals surface area contributed by atoms with Gasteiger partial charge < -0.3 is 9.47 Å². The molecule has 2 nitrogen and oxygen atoms in total. The predicted octanol–water partition coefficient (Wildman–Crippen LogP) is 9.27. The second-order valence-electron chi connectivity index (χ2n) is 10.5. The summed E-state index contributed by atoms with van der Waals surface area (Å²) in [4.78, 5) is 0. The standard InChI is InChI=1S/C29H33F7O2/c1-2-37-17-18-3-5-19(6-4-18)20-7-9-21(10-8-20)22-11-13-23(14-12-22)29(35,36)38-24-15-25(30)27(26(31)16-24)28(32,33)34/h3-6,15-16,20-23H,2,7-14,17H2,1H3. The molecule has 0 radical (unpaired) electrons. The van der Waals surface area contributed by atoms with E-state index in [4.69, 9.17) is 4.74 Å². The van der Waals surface area contributed by atoms with E-state index in [9.17, 15) is 30.7 Å². The Balaban J connectivity index is 1.27. The van der Waals surface area contributed by atoms with Gasteiger partial charge in [0.15, 0.2) is 0 Å². The van der Waals surface area contributed by atoms with E-state index >= 15 is 0 Å². The average Bonchev–Trinajstić information content (AvgIpc) is 2.86. The lowest BCUT2D eigenvalue weighted by molar-refractivity contribution is -0.224. The van der Waals surface area contributed by atoms with Crippen LogP contribution in [-0.2, 0) is 17.5 Å². The van der Waals surface area contributed by atoms with Crippen molar-refractivity contribution in [2.24, 2.45) is 17.8 Å². The van der Waals surface area contributed by atoms with Crippen LogP contribution in [0.2, 0.25) is 0 Å². The zero-order chi connectivity index (χ0) is 27.5. The van der Waals surface area contributed by atoms with Crippen LogP contribution in [0.5, 0.6) is 5.75 Å². The number of rotatable bonds is 8. The molecule has 0 saturated heterocycles. The van der Waals surface area contributed by atoms with Crippen LogP contribution in [0, 0.1) is 29.4 Å². The minimum Gasteiger partial charge on any atom is -0.432 e. The highest BCUT2D eigenvalue weighted by atomic mass is 19.4. The van der Waals surface area contributed by atoms with Crippen LogP contribution in [0.4, 0.5) is 30.7 Å². The molecule has 4 rings (SSSR count). The fourth-order valence-electron chi connectivity index (χ4n) is 6.08. The maximum atomic E-state index is 14.8. The molecule has 38 heavy (non-hydrogen) atoms. The Morgan fingerprint density at radius 1 is 0.763 bits per heavy atom. The zero-order valence-electron chi connectivity index (χ0n) is 21.3. The van der Waals surface area contributed by atoms with E-state index in [0.29, 0.717) is 43.8 Å². The number of halogens is 7. The van der Waals surface area contributed by atoms with E-state index in [1.807, 2.05) is 6.92 Å². The number of hydrogen-bond acceptors (Lipinski definition) is 2. The summed E-state index contributed by atoms with van der Waals surface area (Å²) in [5.74, 6) is -4.79. The third kappa shape index (κ3) is 6.82. The molecule has 2 fully saturated rings. The molecule has 0 N–H and O–H groups in total. The van der Waals surface area contributed by atoms with Crippen molar-refractivity contribution in [2.75, 3.05) is 6.61 Å². The normalized spacial score (nSPS) is 24.8. The molecule has 0 aromatic heterocycles. The fourth-order valence-corrected chi connectivity index (χ4v) is 6.08. The summed E-state index contributed by atoms with van der Waals surface area (Å²) < 4.78 is 105. The van der Waals surface area contributed by atoms with Gasteiger partial charge in [-0.1, -0.05) is 24.3 Å². The first kappa shape index (κ1) is 28.7. The Hall–Kier alpha value is -2.29. The molecular formula is C29H33F7O2. The van der Waals surface area contributed by atoms with Crippen LogP contribution >= 0.6 is 0 Å². The van der Waals surface area contributed by atoms with E-state index in [1.54, 1.807) is 0 Å². The van der Waals surface area contributed by atoms with Gasteiger partial charge in [0.1, 0.15) is 22.9 Å². The maximum absolute atomic E-state index is 14.8. The minimum atomic E-state index is -5.28. The Morgan fingerprint density at radius 2 is 1.29 bits per heavy atom. The van der Waals surface area contributed by atoms with Crippen molar-refractivity contribution in [2.45, 2.75) is 83.1 Å². The first-order chi connectivity index (χ1) is 18.0. The average molecular weight is 547 g/mol. The Kier molecular flexibility index (Phi) is 8.95. The second kappa shape index (κ2) is 11.8. The van der Waals surface area contributed by atoms with Crippen molar-refractivity contribution in [1.82, 2.24) is 0 Å². The molecule has 2 saturated carbocycles. The fraction of sp³-hybridized carbons (Fsp3) is 0.586. The Labute approximate surface area is 218 Å². The summed E-state index contributed by atoms with van der Waals surface area (Å²) >= 11 is 0. The molecule has 0 heterocycles. The van der Waals surface area contributed by atoms with Crippen LogP contribution < -0.4 is 4.74 Å². The highest BCUT2D eigenvalue weighted by Gasteiger charge is 2.46. The minimum absolute atomic E-state index is 0.163. The van der Waals surface area contributed by atoms with Gasteiger partial charge in [-0.3, -0.25) is 0 Å². The van der Waals surface area contributed by atoms with Crippen LogP contribution in [0.3, 0.4) is 0 Å². The number of hydrogen-bond donors (Lipinski definition) is 0. The van der Waals surface area contributed by atoms with Gasteiger partial charge in [-0.2, -0.15) is 22.0 Å². The monoisotopic (exact) mass is 546 g/mol. The molecular weight excluding hydrogens is 513 g/mol. The maximum Gasteiger partial charge on any atom is 0.422 e.